The maximum Gasteiger partial charge on any atom is 0.355 e. The molecular formula is C34H29ClO12. The molecule has 0 spiro atoms. The van der Waals surface area contributed by atoms with Gasteiger partial charge in [-0.05, 0) is 60.0 Å². The van der Waals surface area contributed by atoms with Crippen LogP contribution in [0.3, 0.4) is 0 Å². The summed E-state index contributed by atoms with van der Waals surface area (Å²) in [7, 11) is 4.54. The summed E-state index contributed by atoms with van der Waals surface area (Å²) in [6, 6.07) is 12.0. The molecule has 1 aromatic heterocycles. The van der Waals surface area contributed by atoms with Crippen LogP contribution >= 0.6 is 11.6 Å². The van der Waals surface area contributed by atoms with E-state index in [9.17, 15) is 14.4 Å². The number of methoxy groups -OCH3 is 3. The largest absolute Gasteiger partial charge is 0.493 e. The average molecular weight is 665 g/mol. The SMILES string of the molecule is COc1cc(C2c3cc4c(cc3C(OC(=O)COc3ccc5c(C)c(Cl)c(=O)oc5c3)C3COC(=O)C23)OCO4)cc(OC)c1OC. The highest BCUT2D eigenvalue weighted by Gasteiger charge is 2.54. The highest BCUT2D eigenvalue weighted by atomic mass is 35.5. The molecule has 12 nitrogen and oxygen atoms in total. The molecule has 1 fully saturated rings. The van der Waals surface area contributed by atoms with Crippen molar-refractivity contribution in [3.8, 4) is 34.5 Å². The van der Waals surface area contributed by atoms with E-state index in [2.05, 4.69) is 0 Å². The van der Waals surface area contributed by atoms with Crippen molar-refractivity contribution in [3.63, 3.8) is 0 Å². The molecule has 244 valence electrons. The predicted molar refractivity (Wildman–Crippen MR) is 165 cm³/mol. The molecule has 4 unspecified atom stereocenters. The number of carbonyl (C=O) groups excluding carboxylic acids is 2. The zero-order valence-electron chi connectivity index (χ0n) is 25.7. The maximum atomic E-state index is 13.4. The van der Waals surface area contributed by atoms with Gasteiger partial charge in [0.05, 0.1) is 33.9 Å². The third kappa shape index (κ3) is 5.12. The maximum absolute atomic E-state index is 13.4. The van der Waals surface area contributed by atoms with Crippen molar-refractivity contribution in [3.05, 3.63) is 80.2 Å². The molecule has 0 bridgehead atoms. The Morgan fingerprint density at radius 3 is 2.30 bits per heavy atom. The predicted octanol–water partition coefficient (Wildman–Crippen LogP) is 5.11. The van der Waals surface area contributed by atoms with Crippen LogP contribution in [0.4, 0.5) is 0 Å². The molecule has 0 amide bonds. The van der Waals surface area contributed by atoms with Crippen molar-refractivity contribution in [2.24, 2.45) is 11.8 Å². The summed E-state index contributed by atoms with van der Waals surface area (Å²) in [5, 5.41) is 0.644. The normalized spacial score (nSPS) is 20.7. The van der Waals surface area contributed by atoms with Crippen molar-refractivity contribution in [1.29, 1.82) is 0 Å². The van der Waals surface area contributed by atoms with Crippen LogP contribution in [0.25, 0.3) is 11.0 Å². The van der Waals surface area contributed by atoms with Gasteiger partial charge >= 0.3 is 17.6 Å². The Hall–Kier alpha value is -5.10. The summed E-state index contributed by atoms with van der Waals surface area (Å²) in [6.45, 7) is 1.31. The Morgan fingerprint density at radius 1 is 0.915 bits per heavy atom. The smallest absolute Gasteiger partial charge is 0.355 e. The van der Waals surface area contributed by atoms with Gasteiger partial charge in [-0.2, -0.15) is 0 Å². The molecule has 1 saturated heterocycles. The number of ether oxygens (including phenoxy) is 8. The van der Waals surface area contributed by atoms with Crippen molar-refractivity contribution in [2.75, 3.05) is 41.3 Å². The second-order valence-electron chi connectivity index (χ2n) is 11.3. The number of hydrogen-bond acceptors (Lipinski definition) is 12. The van der Waals surface area contributed by atoms with E-state index >= 15 is 0 Å². The van der Waals surface area contributed by atoms with Gasteiger partial charge in [-0.15, -0.1) is 0 Å². The van der Waals surface area contributed by atoms with Crippen LogP contribution < -0.4 is 34.0 Å². The number of aryl methyl sites for hydroxylation is 1. The Bertz CT molecular complexity index is 1960. The highest BCUT2D eigenvalue weighted by molar-refractivity contribution is 6.31. The van der Waals surface area contributed by atoms with Gasteiger partial charge in [-0.1, -0.05) is 11.6 Å². The first-order valence-corrected chi connectivity index (χ1v) is 15.0. The average Bonchev–Trinajstić information content (AvgIpc) is 3.70. The van der Waals surface area contributed by atoms with Crippen LogP contribution in [0.5, 0.6) is 34.5 Å². The number of hydrogen-bond donors (Lipinski definition) is 0. The summed E-state index contributed by atoms with van der Waals surface area (Å²) >= 11 is 6.03. The lowest BCUT2D eigenvalue weighted by Gasteiger charge is -2.38. The van der Waals surface area contributed by atoms with Crippen molar-refractivity contribution in [1.82, 2.24) is 0 Å². The highest BCUT2D eigenvalue weighted by Crippen LogP contribution is 2.56. The van der Waals surface area contributed by atoms with Crippen molar-refractivity contribution < 1.29 is 51.9 Å². The van der Waals surface area contributed by atoms with Gasteiger partial charge in [0.15, 0.2) is 29.6 Å². The Morgan fingerprint density at radius 2 is 1.62 bits per heavy atom. The minimum Gasteiger partial charge on any atom is -0.493 e. The van der Waals surface area contributed by atoms with Crippen LogP contribution in [-0.2, 0) is 19.1 Å². The van der Waals surface area contributed by atoms with E-state index in [-0.39, 0.29) is 29.8 Å². The van der Waals surface area contributed by atoms with E-state index in [1.54, 1.807) is 37.3 Å². The first kappa shape index (κ1) is 30.5. The first-order valence-electron chi connectivity index (χ1n) is 14.7. The van der Waals surface area contributed by atoms with E-state index < -0.39 is 48.0 Å². The molecular weight excluding hydrogens is 636 g/mol. The summed E-state index contributed by atoms with van der Waals surface area (Å²) < 4.78 is 50.8. The summed E-state index contributed by atoms with van der Waals surface area (Å²) in [5.41, 5.74) is 2.22. The van der Waals surface area contributed by atoms with Crippen LogP contribution in [0.15, 0.2) is 51.7 Å². The lowest BCUT2D eigenvalue weighted by atomic mass is 9.66. The lowest BCUT2D eigenvalue weighted by molar-refractivity contribution is -0.156. The minimum absolute atomic E-state index is 0.00490. The molecule has 1 aliphatic carbocycles. The van der Waals surface area contributed by atoms with Crippen LogP contribution in [0.2, 0.25) is 5.02 Å². The fourth-order valence-corrected chi connectivity index (χ4v) is 6.80. The van der Waals surface area contributed by atoms with Crippen molar-refractivity contribution in [2.45, 2.75) is 18.9 Å². The van der Waals surface area contributed by atoms with Gasteiger partial charge in [-0.25, -0.2) is 9.59 Å². The molecule has 13 heteroatoms. The number of rotatable bonds is 8. The van der Waals surface area contributed by atoms with Gasteiger partial charge in [0.25, 0.3) is 0 Å². The lowest BCUT2D eigenvalue weighted by Crippen LogP contribution is -2.37. The zero-order chi connectivity index (χ0) is 33.0. The van der Waals surface area contributed by atoms with Crippen molar-refractivity contribution >= 4 is 34.5 Å². The zero-order valence-corrected chi connectivity index (χ0v) is 26.5. The number of benzene rings is 3. The van der Waals surface area contributed by atoms with Gasteiger partial charge in [0.2, 0.25) is 12.5 Å². The molecule has 4 aromatic rings. The molecule has 3 aliphatic rings. The molecule has 3 aromatic carbocycles. The van der Waals surface area contributed by atoms with E-state index in [1.807, 2.05) is 6.07 Å². The van der Waals surface area contributed by atoms with E-state index in [4.69, 9.17) is 53.9 Å². The van der Waals surface area contributed by atoms with Gasteiger partial charge in [-0.3, -0.25) is 4.79 Å². The van der Waals surface area contributed by atoms with Crippen LogP contribution in [-0.4, -0.2) is 53.3 Å². The molecule has 3 heterocycles. The molecule has 0 saturated carbocycles. The summed E-state index contributed by atoms with van der Waals surface area (Å²) in [4.78, 5) is 38.8. The Labute approximate surface area is 272 Å². The topological polar surface area (TPSA) is 138 Å². The standard InChI is InChI=1S/C34H29ClO12/c1-15-18-6-5-17(9-22(18)46-34(38)30(15)35)42-13-27(36)47-31-20-11-24-23(44-14-45-24)10-19(20)28(29-21(31)12-43-33(29)37)16-7-25(39-2)32(41-4)26(8-16)40-3/h5-11,21,28-29,31H,12-14H2,1-4H3. The van der Waals surface area contributed by atoms with Crippen LogP contribution in [0, 0.1) is 18.8 Å². The summed E-state index contributed by atoms with van der Waals surface area (Å²) in [6.07, 6.45) is -0.871. The van der Waals surface area contributed by atoms with E-state index in [0.29, 0.717) is 56.4 Å². The fourth-order valence-electron chi connectivity index (χ4n) is 6.66. The first-order chi connectivity index (χ1) is 22.7. The molecule has 4 atom stereocenters. The fraction of sp³-hybridized carbons (Fsp3) is 0.324. The third-order valence-electron chi connectivity index (χ3n) is 8.85. The van der Waals surface area contributed by atoms with E-state index in [0.717, 1.165) is 0 Å². The van der Waals surface area contributed by atoms with Gasteiger partial charge in [0, 0.05) is 28.9 Å². The van der Waals surface area contributed by atoms with Crippen LogP contribution in [0.1, 0.15) is 34.3 Å². The van der Waals surface area contributed by atoms with E-state index in [1.165, 1.54) is 27.4 Å². The number of esters is 2. The minimum atomic E-state index is -0.871. The molecule has 2 aliphatic heterocycles. The number of cyclic esters (lactones) is 1. The Kier molecular flexibility index (Phi) is 7.75. The third-order valence-corrected chi connectivity index (χ3v) is 9.29. The Balaban J connectivity index is 1.23. The van der Waals surface area contributed by atoms with Gasteiger partial charge < -0.3 is 42.3 Å². The molecule has 0 radical (unpaired) electrons. The number of fused-ring (bicyclic) bond motifs is 4. The second kappa shape index (κ2) is 11.9. The second-order valence-corrected chi connectivity index (χ2v) is 11.7. The number of carbonyl (C=O) groups is 2. The summed E-state index contributed by atoms with van der Waals surface area (Å²) in [5.74, 6) is -0.387. The molecule has 7 rings (SSSR count). The molecule has 47 heavy (non-hydrogen) atoms. The monoisotopic (exact) mass is 664 g/mol. The quantitative estimate of drug-likeness (QED) is 0.183. The molecule has 0 N–H and O–H groups in total. The number of halogens is 1. The van der Waals surface area contributed by atoms with Gasteiger partial charge in [0.1, 0.15) is 22.5 Å².